The Hall–Kier alpha value is 0.01000. The van der Waals surface area contributed by atoms with Gasteiger partial charge in [0.05, 0.1) is 0 Å². The molecule has 3 heteroatoms. The van der Waals surface area contributed by atoms with Gasteiger partial charge in [-0.3, -0.25) is 0 Å². The van der Waals surface area contributed by atoms with Crippen LogP contribution in [0.2, 0.25) is 0 Å². The third-order valence-corrected chi connectivity index (χ3v) is 4.81. The van der Waals surface area contributed by atoms with Crippen molar-refractivity contribution in [3.63, 3.8) is 0 Å². The van der Waals surface area contributed by atoms with Gasteiger partial charge in [-0.15, -0.1) is 0 Å². The maximum absolute atomic E-state index is 3.56. The molecule has 0 spiro atoms. The molecule has 0 aliphatic rings. The molecule has 0 aromatic heterocycles. The van der Waals surface area contributed by atoms with E-state index in [1.807, 2.05) is 11.9 Å². The summed E-state index contributed by atoms with van der Waals surface area (Å²) in [5.41, 5.74) is 2.80. The summed E-state index contributed by atoms with van der Waals surface area (Å²) in [5, 5.41) is 0. The Kier molecular flexibility index (Phi) is 7.35. The molecule has 0 aliphatic heterocycles. The molecule has 0 saturated heterocycles. The zero-order valence-electron chi connectivity index (χ0n) is 11.9. The average Bonchev–Trinajstić information content (AvgIpc) is 2.37. The number of nitrogens with zero attached hydrogens (tertiary/aromatic N) is 1. The zero-order chi connectivity index (χ0) is 13.5. The van der Waals surface area contributed by atoms with Gasteiger partial charge in [0.15, 0.2) is 0 Å². The molecule has 1 aromatic carbocycles. The second-order valence-electron chi connectivity index (χ2n) is 4.92. The van der Waals surface area contributed by atoms with Crippen molar-refractivity contribution in [2.24, 2.45) is 5.92 Å². The summed E-state index contributed by atoms with van der Waals surface area (Å²) in [6.45, 7) is 9.00. The van der Waals surface area contributed by atoms with Gasteiger partial charge in [-0.25, -0.2) is 4.31 Å². The van der Waals surface area contributed by atoms with E-state index in [1.54, 1.807) is 0 Å². The summed E-state index contributed by atoms with van der Waals surface area (Å²) < 4.78 is 3.63. The van der Waals surface area contributed by atoms with Gasteiger partial charge in [0.2, 0.25) is 0 Å². The molecule has 1 unspecified atom stereocenters. The molecule has 0 aliphatic carbocycles. The lowest BCUT2D eigenvalue weighted by Crippen LogP contribution is -2.18. The molecule has 1 atom stereocenters. The summed E-state index contributed by atoms with van der Waals surface area (Å²) in [4.78, 5) is 0. The SMILES string of the molecule is CCC(C)CCN(Cc1cc(Br)ccc1C)SC. The van der Waals surface area contributed by atoms with Crippen LogP contribution >= 0.6 is 27.9 Å². The highest BCUT2D eigenvalue weighted by Gasteiger charge is 2.09. The standard InChI is InChI=1S/C15H24BrNS/c1-5-12(2)8-9-17(18-4)11-14-10-15(16)7-6-13(14)3/h6-7,10,12H,5,8-9,11H2,1-4H3. The highest BCUT2D eigenvalue weighted by atomic mass is 79.9. The smallest absolute Gasteiger partial charge is 0.0343 e. The van der Waals surface area contributed by atoms with Gasteiger partial charge in [0.25, 0.3) is 0 Å². The number of aryl methyl sites for hydroxylation is 1. The fourth-order valence-corrected chi connectivity index (χ4v) is 2.77. The largest absolute Gasteiger partial charge is 0.246 e. The van der Waals surface area contributed by atoms with Crippen LogP contribution in [-0.2, 0) is 6.54 Å². The zero-order valence-corrected chi connectivity index (χ0v) is 14.3. The van der Waals surface area contributed by atoms with Crippen molar-refractivity contribution in [3.8, 4) is 0 Å². The van der Waals surface area contributed by atoms with Gasteiger partial charge < -0.3 is 0 Å². The van der Waals surface area contributed by atoms with Gasteiger partial charge in [0, 0.05) is 17.6 Å². The number of halogens is 1. The van der Waals surface area contributed by atoms with Crippen LogP contribution in [0.3, 0.4) is 0 Å². The average molecular weight is 330 g/mol. The second-order valence-corrected chi connectivity index (χ2v) is 6.72. The Morgan fingerprint density at radius 3 is 2.72 bits per heavy atom. The fraction of sp³-hybridized carbons (Fsp3) is 0.600. The molecule has 0 heterocycles. The predicted octanol–water partition coefficient (Wildman–Crippen LogP) is 5.27. The van der Waals surface area contributed by atoms with Crippen LogP contribution in [0.4, 0.5) is 0 Å². The predicted molar refractivity (Wildman–Crippen MR) is 86.9 cm³/mol. The van der Waals surface area contributed by atoms with Crippen LogP contribution in [-0.4, -0.2) is 17.1 Å². The lowest BCUT2D eigenvalue weighted by molar-refractivity contribution is 0.397. The van der Waals surface area contributed by atoms with Crippen molar-refractivity contribution in [1.82, 2.24) is 4.31 Å². The van der Waals surface area contributed by atoms with Gasteiger partial charge in [-0.2, -0.15) is 0 Å². The van der Waals surface area contributed by atoms with Crippen LogP contribution in [0.25, 0.3) is 0 Å². The van der Waals surface area contributed by atoms with Gasteiger partial charge in [0.1, 0.15) is 0 Å². The Morgan fingerprint density at radius 2 is 2.11 bits per heavy atom. The maximum Gasteiger partial charge on any atom is 0.0343 e. The van der Waals surface area contributed by atoms with Crippen molar-refractivity contribution < 1.29 is 0 Å². The normalized spacial score (nSPS) is 13.0. The highest BCUT2D eigenvalue weighted by molar-refractivity contribution is 9.10. The molecule has 0 radical (unpaired) electrons. The summed E-state index contributed by atoms with van der Waals surface area (Å²) in [6, 6.07) is 6.54. The summed E-state index contributed by atoms with van der Waals surface area (Å²) in [6.07, 6.45) is 4.73. The van der Waals surface area contributed by atoms with Gasteiger partial charge in [-0.05, 0) is 48.8 Å². The number of rotatable bonds is 7. The minimum Gasteiger partial charge on any atom is -0.246 e. The van der Waals surface area contributed by atoms with Gasteiger partial charge >= 0.3 is 0 Å². The van der Waals surface area contributed by atoms with E-state index in [2.05, 4.69) is 65.5 Å². The summed E-state index contributed by atoms with van der Waals surface area (Å²) >= 11 is 5.41. The van der Waals surface area contributed by atoms with Crippen LogP contribution in [0.1, 0.15) is 37.8 Å². The van der Waals surface area contributed by atoms with E-state index in [9.17, 15) is 0 Å². The number of benzene rings is 1. The van der Waals surface area contributed by atoms with Crippen LogP contribution in [0.5, 0.6) is 0 Å². The fourth-order valence-electron chi connectivity index (χ4n) is 1.80. The van der Waals surface area contributed by atoms with E-state index in [0.717, 1.165) is 12.5 Å². The monoisotopic (exact) mass is 329 g/mol. The molecule has 0 N–H and O–H groups in total. The molecule has 1 rings (SSSR count). The first-order valence-corrected chi connectivity index (χ1v) is 8.58. The van der Waals surface area contributed by atoms with Gasteiger partial charge in [-0.1, -0.05) is 54.2 Å². The van der Waals surface area contributed by atoms with Crippen molar-refractivity contribution in [2.45, 2.75) is 40.2 Å². The quantitative estimate of drug-likeness (QED) is 0.626. The molecule has 0 bridgehead atoms. The first-order valence-electron chi connectivity index (χ1n) is 6.60. The van der Waals surface area contributed by atoms with E-state index < -0.39 is 0 Å². The Labute approximate surface area is 125 Å². The molecular weight excluding hydrogens is 306 g/mol. The minimum absolute atomic E-state index is 0.822. The third-order valence-electron chi connectivity index (χ3n) is 3.48. The summed E-state index contributed by atoms with van der Waals surface area (Å²) in [5.74, 6) is 0.822. The number of hydrogen-bond donors (Lipinski definition) is 0. The van der Waals surface area contributed by atoms with Crippen LogP contribution in [0.15, 0.2) is 22.7 Å². The Balaban J connectivity index is 2.59. The van der Waals surface area contributed by atoms with Crippen molar-refractivity contribution in [1.29, 1.82) is 0 Å². The third kappa shape index (κ3) is 5.33. The molecule has 1 nitrogen and oxygen atoms in total. The first-order chi connectivity index (χ1) is 8.56. The first kappa shape index (κ1) is 16.1. The summed E-state index contributed by atoms with van der Waals surface area (Å²) in [7, 11) is 0. The Morgan fingerprint density at radius 1 is 1.39 bits per heavy atom. The van der Waals surface area contributed by atoms with E-state index in [1.165, 1.54) is 35.0 Å². The van der Waals surface area contributed by atoms with Crippen LogP contribution < -0.4 is 0 Å². The van der Waals surface area contributed by atoms with Crippen LogP contribution in [0, 0.1) is 12.8 Å². The number of hydrogen-bond acceptors (Lipinski definition) is 2. The van der Waals surface area contributed by atoms with E-state index in [0.29, 0.717) is 0 Å². The highest BCUT2D eigenvalue weighted by Crippen LogP contribution is 2.21. The maximum atomic E-state index is 3.56. The van der Waals surface area contributed by atoms with Crippen molar-refractivity contribution in [2.75, 3.05) is 12.8 Å². The van der Waals surface area contributed by atoms with E-state index in [4.69, 9.17) is 0 Å². The topological polar surface area (TPSA) is 3.24 Å². The second kappa shape index (κ2) is 8.23. The molecular formula is C15H24BrNS. The minimum atomic E-state index is 0.822. The lowest BCUT2D eigenvalue weighted by Gasteiger charge is -2.22. The van der Waals surface area contributed by atoms with Crippen molar-refractivity contribution >= 4 is 27.9 Å². The molecule has 18 heavy (non-hydrogen) atoms. The molecule has 0 saturated carbocycles. The molecule has 102 valence electrons. The molecule has 1 aromatic rings. The van der Waals surface area contributed by atoms with E-state index in [-0.39, 0.29) is 0 Å². The van der Waals surface area contributed by atoms with E-state index >= 15 is 0 Å². The van der Waals surface area contributed by atoms with Crippen molar-refractivity contribution in [3.05, 3.63) is 33.8 Å². The molecule has 0 fully saturated rings. The molecule has 0 amide bonds. The Bertz CT molecular complexity index is 368. The lowest BCUT2D eigenvalue weighted by atomic mass is 10.1.